The zero-order valence-electron chi connectivity index (χ0n) is 23.0. The molecule has 0 spiro atoms. The molecule has 14 heteroatoms. The highest BCUT2D eigenvalue weighted by Gasteiger charge is 2.38. The molecule has 1 fully saturated rings. The number of carboxylic acid groups (broad SMARTS) is 1. The molecule has 40 heavy (non-hydrogen) atoms. The van der Waals surface area contributed by atoms with Crippen molar-refractivity contribution in [1.82, 2.24) is 19.4 Å². The van der Waals surface area contributed by atoms with Gasteiger partial charge in [0.05, 0.1) is 31.7 Å². The first-order valence-corrected chi connectivity index (χ1v) is 12.6. The molecule has 1 aliphatic rings. The Labute approximate surface area is 228 Å². The number of nitrogens with one attached hydrogen (secondary N) is 1. The summed E-state index contributed by atoms with van der Waals surface area (Å²) in [4.78, 5) is 24.5. The number of aryl methyl sites for hydroxylation is 1. The normalized spacial score (nSPS) is 14.1. The van der Waals surface area contributed by atoms with Crippen LogP contribution in [0.5, 0.6) is 5.75 Å². The van der Waals surface area contributed by atoms with Gasteiger partial charge in [-0.25, -0.2) is 9.48 Å². The van der Waals surface area contributed by atoms with E-state index in [1.807, 2.05) is 31.2 Å². The number of ether oxygens (including phenoxy) is 2. The van der Waals surface area contributed by atoms with E-state index in [0.29, 0.717) is 24.4 Å². The van der Waals surface area contributed by atoms with Crippen LogP contribution in [-0.2, 0) is 27.9 Å². The van der Waals surface area contributed by atoms with Crippen molar-refractivity contribution in [3.8, 4) is 5.75 Å². The summed E-state index contributed by atoms with van der Waals surface area (Å²) in [6.07, 6.45) is -4.32. The number of hydrogen-bond donors (Lipinski definition) is 2. The highest BCUT2D eigenvalue weighted by Crippen LogP contribution is 2.40. The first-order chi connectivity index (χ1) is 18.7. The van der Waals surface area contributed by atoms with Gasteiger partial charge in [0.1, 0.15) is 12.3 Å². The number of anilines is 1. The minimum atomic E-state index is -5.08. The van der Waals surface area contributed by atoms with Crippen molar-refractivity contribution in [2.75, 3.05) is 38.3 Å². The van der Waals surface area contributed by atoms with Crippen LogP contribution in [0, 0.1) is 5.41 Å². The quantitative estimate of drug-likeness (QED) is 0.435. The van der Waals surface area contributed by atoms with Crippen molar-refractivity contribution in [2.24, 2.45) is 0 Å². The fourth-order valence-corrected chi connectivity index (χ4v) is 4.08. The molecule has 4 rings (SSSR count). The predicted molar refractivity (Wildman–Crippen MR) is 139 cm³/mol. The number of halogens is 3. The number of morpholine rings is 1. The van der Waals surface area contributed by atoms with Crippen LogP contribution in [0.3, 0.4) is 0 Å². The van der Waals surface area contributed by atoms with Gasteiger partial charge in [-0.3, -0.25) is 10.2 Å². The summed E-state index contributed by atoms with van der Waals surface area (Å²) in [6, 6.07) is 7.53. The molecule has 2 aromatic heterocycles. The Morgan fingerprint density at radius 3 is 2.27 bits per heavy atom. The highest BCUT2D eigenvalue weighted by molar-refractivity contribution is 5.97. The van der Waals surface area contributed by atoms with Gasteiger partial charge in [0.15, 0.2) is 11.4 Å². The molecule has 1 saturated heterocycles. The summed E-state index contributed by atoms with van der Waals surface area (Å²) >= 11 is 0. The number of hydrogen-bond acceptors (Lipinski definition) is 8. The number of nitrogens with zero attached hydrogens (tertiary/aromatic N) is 5. The molecule has 0 aliphatic carbocycles. The van der Waals surface area contributed by atoms with Crippen LogP contribution in [0.15, 0.2) is 24.3 Å². The second-order valence-electron chi connectivity index (χ2n) is 10.1. The van der Waals surface area contributed by atoms with Crippen LogP contribution in [-0.4, -0.2) is 75.8 Å². The maximum absolute atomic E-state index is 13.4. The lowest BCUT2D eigenvalue weighted by Gasteiger charge is -2.33. The first-order valence-electron chi connectivity index (χ1n) is 12.6. The summed E-state index contributed by atoms with van der Waals surface area (Å²) in [5, 5.41) is 24.5. The van der Waals surface area contributed by atoms with E-state index in [9.17, 15) is 18.0 Å². The Morgan fingerprint density at radius 2 is 1.75 bits per heavy atom. The van der Waals surface area contributed by atoms with E-state index in [1.54, 1.807) is 7.11 Å². The molecular weight excluding hydrogens is 533 g/mol. The lowest BCUT2D eigenvalue weighted by molar-refractivity contribution is -0.192. The van der Waals surface area contributed by atoms with Crippen molar-refractivity contribution in [1.29, 1.82) is 5.41 Å². The lowest BCUT2D eigenvalue weighted by Crippen LogP contribution is -2.37. The first kappa shape index (κ1) is 30.6. The third kappa shape index (κ3) is 6.97. The Bertz CT molecular complexity index is 1440. The van der Waals surface area contributed by atoms with E-state index in [-0.39, 0.29) is 23.4 Å². The number of alkyl halides is 3. The molecule has 0 saturated carbocycles. The number of carbonyl (C=O) groups excluding carboxylic acids is 1. The van der Waals surface area contributed by atoms with Gasteiger partial charge in [-0.2, -0.15) is 22.8 Å². The van der Waals surface area contributed by atoms with Gasteiger partial charge in [-0.1, -0.05) is 27.7 Å². The van der Waals surface area contributed by atoms with E-state index in [2.05, 4.69) is 35.9 Å². The molecule has 3 heterocycles. The maximum Gasteiger partial charge on any atom is 0.490 e. The van der Waals surface area contributed by atoms with E-state index in [0.717, 1.165) is 42.2 Å². The minimum Gasteiger partial charge on any atom is -0.494 e. The van der Waals surface area contributed by atoms with Gasteiger partial charge in [-0.15, -0.1) is 5.10 Å². The standard InChI is InChI=1S/C24H32N6O3.C2HF3O2/c1-6-17-7-8-21-27-29(23(25)30(21)26-17)15-20(31)16-13-18(24(2,3)4)22(32-5)19(14-16)28-9-11-33-12-10-28;3-2(4,5)1(6)7/h7-8,13-14,25H,6,9-12,15H2,1-5H3;(H,6,7). The van der Waals surface area contributed by atoms with Crippen molar-refractivity contribution in [3.63, 3.8) is 0 Å². The van der Waals surface area contributed by atoms with Gasteiger partial charge in [0, 0.05) is 24.2 Å². The van der Waals surface area contributed by atoms with E-state index >= 15 is 0 Å². The number of benzene rings is 1. The van der Waals surface area contributed by atoms with Gasteiger partial charge in [0.25, 0.3) is 0 Å². The van der Waals surface area contributed by atoms with Gasteiger partial charge in [-0.05, 0) is 36.1 Å². The van der Waals surface area contributed by atoms with E-state index < -0.39 is 12.1 Å². The van der Waals surface area contributed by atoms with Gasteiger partial charge >= 0.3 is 12.1 Å². The summed E-state index contributed by atoms with van der Waals surface area (Å²) in [7, 11) is 1.67. The number of fused-ring (bicyclic) bond motifs is 1. The fourth-order valence-electron chi connectivity index (χ4n) is 4.08. The van der Waals surface area contributed by atoms with Crippen LogP contribution in [0.1, 0.15) is 49.3 Å². The summed E-state index contributed by atoms with van der Waals surface area (Å²) in [6.45, 7) is 11.0. The number of ketones is 1. The van der Waals surface area contributed by atoms with Crippen molar-refractivity contribution in [2.45, 2.75) is 52.3 Å². The molecule has 2 N–H and O–H groups in total. The Balaban J connectivity index is 0.000000559. The molecule has 0 unspecified atom stereocenters. The second-order valence-corrected chi connectivity index (χ2v) is 10.1. The number of Topliss-reactive ketones (excluding diaryl/α,β-unsaturated/α-hetero) is 1. The molecule has 0 bridgehead atoms. The fraction of sp³-hybridized carbons (Fsp3) is 0.500. The molecule has 0 radical (unpaired) electrons. The second kappa shape index (κ2) is 12.1. The number of methoxy groups -OCH3 is 1. The van der Waals surface area contributed by atoms with Crippen LogP contribution in [0.2, 0.25) is 0 Å². The molecule has 0 amide bonds. The Morgan fingerprint density at radius 1 is 1.12 bits per heavy atom. The van der Waals surface area contributed by atoms with Crippen LogP contribution in [0.4, 0.5) is 18.9 Å². The monoisotopic (exact) mass is 566 g/mol. The number of carboxylic acids is 1. The Hall–Kier alpha value is -3.94. The van der Waals surface area contributed by atoms with Crippen molar-refractivity contribution in [3.05, 3.63) is 46.7 Å². The molecule has 11 nitrogen and oxygen atoms in total. The van der Waals surface area contributed by atoms with Crippen LogP contribution >= 0.6 is 0 Å². The largest absolute Gasteiger partial charge is 0.494 e. The topological polar surface area (TPSA) is 135 Å². The number of aromatic nitrogens is 4. The summed E-state index contributed by atoms with van der Waals surface area (Å²) in [5.74, 6) is -2.08. The van der Waals surface area contributed by atoms with E-state index in [1.165, 1.54) is 9.20 Å². The van der Waals surface area contributed by atoms with Crippen LogP contribution < -0.4 is 15.3 Å². The zero-order valence-corrected chi connectivity index (χ0v) is 23.0. The molecule has 0 atom stereocenters. The average molecular weight is 567 g/mol. The summed E-state index contributed by atoms with van der Waals surface area (Å²) < 4.78 is 46.0. The number of aliphatic carboxylic acids is 1. The SMILES string of the molecule is CCc1ccc2nn(CC(=O)c3cc(N4CCOCC4)c(OC)c(C(C)(C)C)c3)c(=N)n2n1.O=C(O)C(F)(F)F. The molecular formula is C26H33F3N6O5. The van der Waals surface area contributed by atoms with Gasteiger partial charge < -0.3 is 19.5 Å². The zero-order chi connectivity index (χ0) is 29.8. The molecule has 3 aromatic rings. The van der Waals surface area contributed by atoms with Crippen molar-refractivity contribution < 1.29 is 37.3 Å². The average Bonchev–Trinajstić information content (AvgIpc) is 3.21. The number of rotatable bonds is 6. The smallest absolute Gasteiger partial charge is 0.490 e. The molecule has 218 valence electrons. The third-order valence-electron chi connectivity index (χ3n) is 6.19. The minimum absolute atomic E-state index is 0.0396. The van der Waals surface area contributed by atoms with Crippen LogP contribution in [0.25, 0.3) is 5.65 Å². The highest BCUT2D eigenvalue weighted by atomic mass is 19.4. The summed E-state index contributed by atoms with van der Waals surface area (Å²) in [5.41, 5.74) is 3.71. The predicted octanol–water partition coefficient (Wildman–Crippen LogP) is 3.23. The maximum atomic E-state index is 13.4. The number of carbonyl (C=O) groups is 2. The van der Waals surface area contributed by atoms with E-state index in [4.69, 9.17) is 24.8 Å². The lowest BCUT2D eigenvalue weighted by atomic mass is 9.84. The molecule has 1 aromatic carbocycles. The Kier molecular flexibility index (Phi) is 9.23. The third-order valence-corrected chi connectivity index (χ3v) is 6.19. The molecule has 1 aliphatic heterocycles. The van der Waals surface area contributed by atoms with Crippen molar-refractivity contribution >= 4 is 23.1 Å². The van der Waals surface area contributed by atoms with Gasteiger partial charge in [0.2, 0.25) is 5.62 Å².